The first-order valence-electron chi connectivity index (χ1n) is 8.49. The van der Waals surface area contributed by atoms with Crippen LogP contribution in [0.15, 0.2) is 12.4 Å². The predicted molar refractivity (Wildman–Crippen MR) is 88.0 cm³/mol. The summed E-state index contributed by atoms with van der Waals surface area (Å²) in [6.07, 6.45) is 3.85. The summed E-state index contributed by atoms with van der Waals surface area (Å²) in [7, 11) is 0. The summed E-state index contributed by atoms with van der Waals surface area (Å²) in [4.78, 5) is 13.9. The third-order valence-electron chi connectivity index (χ3n) is 4.57. The molecule has 1 aliphatic carbocycles. The Labute approximate surface area is 138 Å². The van der Waals surface area contributed by atoms with Gasteiger partial charge in [-0.05, 0) is 46.5 Å². The maximum Gasteiger partial charge on any atom is 0.410 e. The zero-order valence-electron chi connectivity index (χ0n) is 14.7. The number of carbonyl (C=O) groups excluding carboxylic acids is 1. The quantitative estimate of drug-likeness (QED) is 0.925. The van der Waals surface area contributed by atoms with Crippen molar-refractivity contribution in [2.75, 3.05) is 13.1 Å². The predicted octanol–water partition coefficient (Wildman–Crippen LogP) is 2.42. The summed E-state index contributed by atoms with van der Waals surface area (Å²) in [5, 5.41) is 7.97. The van der Waals surface area contributed by atoms with E-state index in [-0.39, 0.29) is 6.09 Å². The molecule has 3 rings (SSSR count). The molecule has 0 radical (unpaired) electrons. The molecule has 1 amide bonds. The average Bonchev–Trinajstić information content (AvgIpc) is 2.86. The van der Waals surface area contributed by atoms with Gasteiger partial charge in [-0.3, -0.25) is 4.68 Å². The Kier molecular flexibility index (Phi) is 4.12. The molecule has 1 aromatic heterocycles. The first kappa shape index (κ1) is 16.3. The highest BCUT2D eigenvalue weighted by molar-refractivity contribution is 5.69. The molecule has 6 nitrogen and oxygen atoms in total. The van der Waals surface area contributed by atoms with Crippen LogP contribution >= 0.6 is 0 Å². The molecule has 0 spiro atoms. The molecule has 23 heavy (non-hydrogen) atoms. The molecule has 2 heterocycles. The topological polar surface area (TPSA) is 59.4 Å². The summed E-state index contributed by atoms with van der Waals surface area (Å²) < 4.78 is 7.42. The van der Waals surface area contributed by atoms with Crippen molar-refractivity contribution in [1.82, 2.24) is 20.0 Å². The number of carbonyl (C=O) groups is 1. The fraction of sp³-hybridized carbons (Fsp3) is 0.765. The lowest BCUT2D eigenvalue weighted by Crippen LogP contribution is -2.39. The number of hydrogen-bond acceptors (Lipinski definition) is 4. The van der Waals surface area contributed by atoms with Crippen LogP contribution in [0.25, 0.3) is 0 Å². The lowest BCUT2D eigenvalue weighted by Gasteiger charge is -2.26. The number of piperidine rings is 1. The summed E-state index contributed by atoms with van der Waals surface area (Å²) in [5.74, 6) is 1.14. The van der Waals surface area contributed by atoms with Gasteiger partial charge in [0.15, 0.2) is 0 Å². The summed E-state index contributed by atoms with van der Waals surface area (Å²) in [5.41, 5.74) is 0.797. The number of ether oxygens (including phenoxy) is 1. The minimum absolute atomic E-state index is 0.179. The van der Waals surface area contributed by atoms with Crippen molar-refractivity contribution in [2.45, 2.75) is 58.8 Å². The first-order valence-corrected chi connectivity index (χ1v) is 8.49. The van der Waals surface area contributed by atoms with E-state index >= 15 is 0 Å². The minimum atomic E-state index is -0.419. The van der Waals surface area contributed by atoms with E-state index in [0.29, 0.717) is 23.9 Å². The van der Waals surface area contributed by atoms with Crippen molar-refractivity contribution < 1.29 is 9.53 Å². The van der Waals surface area contributed by atoms with Crippen molar-refractivity contribution in [3.8, 4) is 0 Å². The van der Waals surface area contributed by atoms with Crippen LogP contribution in [0.5, 0.6) is 0 Å². The van der Waals surface area contributed by atoms with Gasteiger partial charge >= 0.3 is 6.09 Å². The van der Waals surface area contributed by atoms with Crippen LogP contribution in [0, 0.1) is 11.8 Å². The monoisotopic (exact) mass is 320 g/mol. The van der Waals surface area contributed by atoms with E-state index in [1.807, 2.05) is 36.5 Å². The Morgan fingerprint density at radius 3 is 2.57 bits per heavy atom. The van der Waals surface area contributed by atoms with E-state index < -0.39 is 5.60 Å². The molecule has 1 aliphatic heterocycles. The fourth-order valence-corrected chi connectivity index (χ4v) is 3.29. The van der Waals surface area contributed by atoms with Gasteiger partial charge in [0.1, 0.15) is 5.60 Å². The van der Waals surface area contributed by atoms with Crippen LogP contribution in [0.3, 0.4) is 0 Å². The molecule has 1 aromatic rings. The number of amides is 1. The van der Waals surface area contributed by atoms with E-state index in [1.165, 1.54) is 5.56 Å². The molecule has 1 saturated carbocycles. The first-order chi connectivity index (χ1) is 10.7. The smallest absolute Gasteiger partial charge is 0.410 e. The van der Waals surface area contributed by atoms with Crippen molar-refractivity contribution in [3.63, 3.8) is 0 Å². The second kappa shape index (κ2) is 5.82. The molecule has 1 N–H and O–H groups in total. The molecular formula is C17H28N4O2. The Bertz CT molecular complexity index is 563. The molecule has 128 valence electrons. The molecule has 0 bridgehead atoms. The Morgan fingerprint density at radius 2 is 2.04 bits per heavy atom. The number of nitrogens with one attached hydrogen (secondary N) is 1. The Balaban J connectivity index is 1.42. The molecule has 6 heteroatoms. The highest BCUT2D eigenvalue weighted by Crippen LogP contribution is 2.45. The number of rotatable bonds is 4. The second-order valence-corrected chi connectivity index (χ2v) is 8.04. The number of nitrogens with zero attached hydrogens (tertiary/aromatic N) is 3. The number of aromatic nitrogens is 2. The largest absolute Gasteiger partial charge is 0.444 e. The SMILES string of the molecule is CC(C)n1cc(CNC2C3CN(C(=O)OC(C)(C)C)CC32)cn1. The zero-order chi connectivity index (χ0) is 16.8. The summed E-state index contributed by atoms with van der Waals surface area (Å²) >= 11 is 0. The van der Waals surface area contributed by atoms with Crippen molar-refractivity contribution >= 4 is 6.09 Å². The van der Waals surface area contributed by atoms with Gasteiger partial charge in [-0.15, -0.1) is 0 Å². The van der Waals surface area contributed by atoms with Crippen molar-refractivity contribution in [3.05, 3.63) is 18.0 Å². The van der Waals surface area contributed by atoms with Gasteiger partial charge in [-0.1, -0.05) is 0 Å². The Morgan fingerprint density at radius 1 is 1.39 bits per heavy atom. The van der Waals surface area contributed by atoms with Crippen molar-refractivity contribution in [2.24, 2.45) is 11.8 Å². The van der Waals surface area contributed by atoms with Crippen molar-refractivity contribution in [1.29, 1.82) is 0 Å². The van der Waals surface area contributed by atoms with E-state index in [0.717, 1.165) is 19.6 Å². The minimum Gasteiger partial charge on any atom is -0.444 e. The van der Waals surface area contributed by atoms with Gasteiger partial charge in [0.2, 0.25) is 0 Å². The van der Waals surface area contributed by atoms with Gasteiger partial charge in [-0.2, -0.15) is 5.10 Å². The van der Waals surface area contributed by atoms with Crippen LogP contribution in [0.2, 0.25) is 0 Å². The van der Waals surface area contributed by atoms with Crippen LogP contribution in [0.1, 0.15) is 46.2 Å². The third kappa shape index (κ3) is 3.68. The number of fused-ring (bicyclic) bond motifs is 1. The maximum absolute atomic E-state index is 12.1. The normalized spacial score (nSPS) is 26.5. The third-order valence-corrected chi connectivity index (χ3v) is 4.57. The van der Waals surface area contributed by atoms with Gasteiger partial charge in [0.05, 0.1) is 6.20 Å². The van der Waals surface area contributed by atoms with E-state index in [2.05, 4.69) is 30.5 Å². The molecule has 2 aliphatic rings. The zero-order valence-corrected chi connectivity index (χ0v) is 14.7. The Hall–Kier alpha value is -1.56. The lowest BCUT2D eigenvalue weighted by atomic mass is 10.2. The van der Waals surface area contributed by atoms with Crippen LogP contribution in [-0.4, -0.2) is 45.5 Å². The fourth-order valence-electron chi connectivity index (χ4n) is 3.29. The molecule has 1 saturated heterocycles. The average molecular weight is 320 g/mol. The van der Waals surface area contributed by atoms with Gasteiger partial charge < -0.3 is 15.0 Å². The van der Waals surface area contributed by atoms with E-state index in [4.69, 9.17) is 4.74 Å². The lowest BCUT2D eigenvalue weighted by molar-refractivity contribution is 0.0269. The van der Waals surface area contributed by atoms with Crippen LogP contribution in [0.4, 0.5) is 4.79 Å². The highest BCUT2D eigenvalue weighted by atomic mass is 16.6. The number of likely N-dealkylation sites (tertiary alicyclic amines) is 1. The molecule has 0 aromatic carbocycles. The summed E-state index contributed by atoms with van der Waals surface area (Å²) in [6.45, 7) is 12.4. The van der Waals surface area contributed by atoms with Gasteiger partial charge in [0, 0.05) is 43.5 Å². The van der Waals surface area contributed by atoms with E-state index in [1.54, 1.807) is 0 Å². The molecule has 2 unspecified atom stereocenters. The highest BCUT2D eigenvalue weighted by Gasteiger charge is 2.56. The van der Waals surface area contributed by atoms with Crippen LogP contribution in [-0.2, 0) is 11.3 Å². The standard InChI is InChI=1S/C17H28N4O2/c1-11(2)21-8-12(7-19-21)6-18-15-13-9-20(10-14(13)15)16(22)23-17(3,4)5/h7-8,11,13-15,18H,6,9-10H2,1-5H3. The molecular weight excluding hydrogens is 292 g/mol. The summed E-state index contributed by atoms with van der Waals surface area (Å²) in [6, 6.07) is 0.919. The molecule has 2 atom stereocenters. The van der Waals surface area contributed by atoms with Crippen LogP contribution < -0.4 is 5.32 Å². The molecule has 2 fully saturated rings. The maximum atomic E-state index is 12.1. The van der Waals surface area contributed by atoms with Gasteiger partial charge in [0.25, 0.3) is 0 Å². The van der Waals surface area contributed by atoms with Gasteiger partial charge in [-0.25, -0.2) is 4.79 Å². The number of hydrogen-bond donors (Lipinski definition) is 1. The van der Waals surface area contributed by atoms with E-state index in [9.17, 15) is 4.79 Å². The second-order valence-electron chi connectivity index (χ2n) is 8.04.